The van der Waals surface area contributed by atoms with Gasteiger partial charge in [0, 0.05) is 50.8 Å². The van der Waals surface area contributed by atoms with Crippen LogP contribution >= 0.6 is 0 Å². The van der Waals surface area contributed by atoms with Gasteiger partial charge in [0.15, 0.2) is 0 Å². The Hall–Kier alpha value is -2.37. The van der Waals surface area contributed by atoms with E-state index in [9.17, 15) is 4.79 Å². The standard InChI is InChI=1S/C16H21N5O/c1-12(13-4-3-6-17-10-13)19-16(22)21-8-5-14(11-21)15-18-7-9-20(15)2/h3-4,6-7,9-10,12,14H,5,8,11H2,1-2H3,(H,19,22)/t12-,14?/m0/s1. The van der Waals surface area contributed by atoms with E-state index in [-0.39, 0.29) is 12.1 Å². The average Bonchev–Trinajstić information content (AvgIpc) is 3.16. The smallest absolute Gasteiger partial charge is 0.317 e. The second-order valence-electron chi connectivity index (χ2n) is 5.79. The Kier molecular flexibility index (Phi) is 4.09. The minimum atomic E-state index is -0.0478. The number of nitrogens with zero attached hydrogens (tertiary/aromatic N) is 4. The maximum atomic E-state index is 12.4. The number of nitrogens with one attached hydrogen (secondary N) is 1. The fourth-order valence-electron chi connectivity index (χ4n) is 2.92. The molecule has 22 heavy (non-hydrogen) atoms. The van der Waals surface area contributed by atoms with Gasteiger partial charge in [0.1, 0.15) is 5.82 Å². The van der Waals surface area contributed by atoms with Gasteiger partial charge in [-0.2, -0.15) is 0 Å². The van der Waals surface area contributed by atoms with Gasteiger partial charge in [-0.25, -0.2) is 9.78 Å². The third kappa shape index (κ3) is 2.95. The third-order valence-electron chi connectivity index (χ3n) is 4.22. The molecule has 2 aromatic rings. The summed E-state index contributed by atoms with van der Waals surface area (Å²) in [5, 5.41) is 3.04. The quantitative estimate of drug-likeness (QED) is 0.943. The van der Waals surface area contributed by atoms with E-state index < -0.39 is 0 Å². The van der Waals surface area contributed by atoms with E-state index in [1.807, 2.05) is 48.0 Å². The van der Waals surface area contributed by atoms with Gasteiger partial charge in [-0.1, -0.05) is 6.07 Å². The van der Waals surface area contributed by atoms with Crippen LogP contribution in [0.4, 0.5) is 4.79 Å². The van der Waals surface area contributed by atoms with Crippen LogP contribution in [0.5, 0.6) is 0 Å². The molecule has 3 heterocycles. The Morgan fingerprint density at radius 3 is 3.00 bits per heavy atom. The van der Waals surface area contributed by atoms with Crippen LogP contribution in [-0.4, -0.2) is 38.6 Å². The van der Waals surface area contributed by atoms with Gasteiger partial charge in [0.25, 0.3) is 0 Å². The van der Waals surface area contributed by atoms with Crippen LogP contribution in [0.2, 0.25) is 0 Å². The number of urea groups is 1. The maximum absolute atomic E-state index is 12.4. The number of amides is 2. The Labute approximate surface area is 130 Å². The minimum Gasteiger partial charge on any atom is -0.338 e. The van der Waals surface area contributed by atoms with E-state index in [0.29, 0.717) is 5.92 Å². The van der Waals surface area contributed by atoms with Crippen LogP contribution in [0.1, 0.15) is 36.7 Å². The molecular formula is C16H21N5O. The normalized spacial score (nSPS) is 19.2. The Balaban J connectivity index is 1.59. The Morgan fingerprint density at radius 2 is 2.32 bits per heavy atom. The zero-order chi connectivity index (χ0) is 15.5. The van der Waals surface area contributed by atoms with E-state index in [2.05, 4.69) is 15.3 Å². The predicted octanol–water partition coefficient (Wildman–Crippen LogP) is 2.08. The van der Waals surface area contributed by atoms with E-state index in [0.717, 1.165) is 30.9 Å². The first-order valence-electron chi connectivity index (χ1n) is 7.57. The molecule has 1 N–H and O–H groups in total. The lowest BCUT2D eigenvalue weighted by molar-refractivity contribution is 0.204. The molecule has 1 saturated heterocycles. The van der Waals surface area contributed by atoms with Crippen molar-refractivity contribution in [1.82, 2.24) is 24.8 Å². The highest BCUT2D eigenvalue weighted by Gasteiger charge is 2.30. The number of carbonyl (C=O) groups is 1. The molecule has 0 aromatic carbocycles. The van der Waals surface area contributed by atoms with Crippen molar-refractivity contribution in [1.29, 1.82) is 0 Å². The van der Waals surface area contributed by atoms with Crippen LogP contribution < -0.4 is 5.32 Å². The number of hydrogen-bond acceptors (Lipinski definition) is 3. The van der Waals surface area contributed by atoms with E-state index >= 15 is 0 Å². The first kappa shape index (κ1) is 14.6. The van der Waals surface area contributed by atoms with Gasteiger partial charge in [-0.3, -0.25) is 4.98 Å². The monoisotopic (exact) mass is 299 g/mol. The van der Waals surface area contributed by atoms with Crippen LogP contribution in [-0.2, 0) is 7.05 Å². The highest BCUT2D eigenvalue weighted by atomic mass is 16.2. The van der Waals surface area contributed by atoms with Crippen LogP contribution in [0.3, 0.4) is 0 Å². The zero-order valence-electron chi connectivity index (χ0n) is 12.9. The van der Waals surface area contributed by atoms with Gasteiger partial charge in [-0.05, 0) is 25.0 Å². The number of rotatable bonds is 3. The van der Waals surface area contributed by atoms with Crippen molar-refractivity contribution in [2.75, 3.05) is 13.1 Å². The van der Waals surface area contributed by atoms with Gasteiger partial charge in [0.2, 0.25) is 0 Å². The molecule has 0 spiro atoms. The maximum Gasteiger partial charge on any atom is 0.317 e. The average molecular weight is 299 g/mol. The molecule has 2 atom stereocenters. The SMILES string of the molecule is C[C@H](NC(=O)N1CCC(c2nccn2C)C1)c1cccnc1. The van der Waals surface area contributed by atoms with Crippen molar-refractivity contribution >= 4 is 6.03 Å². The molecule has 6 heteroatoms. The number of aromatic nitrogens is 3. The van der Waals surface area contributed by atoms with Crippen molar-refractivity contribution in [3.8, 4) is 0 Å². The summed E-state index contributed by atoms with van der Waals surface area (Å²) >= 11 is 0. The number of carbonyl (C=O) groups excluding carboxylic acids is 1. The first-order chi connectivity index (χ1) is 10.6. The van der Waals surface area contributed by atoms with E-state index in [4.69, 9.17) is 0 Å². The molecule has 3 rings (SSSR count). The lowest BCUT2D eigenvalue weighted by Gasteiger charge is -2.21. The molecule has 2 aromatic heterocycles. The Bertz CT molecular complexity index is 639. The minimum absolute atomic E-state index is 0.0203. The van der Waals surface area contributed by atoms with E-state index in [1.165, 1.54) is 0 Å². The number of hydrogen-bond donors (Lipinski definition) is 1. The fourth-order valence-corrected chi connectivity index (χ4v) is 2.92. The number of likely N-dealkylation sites (tertiary alicyclic amines) is 1. The van der Waals surface area contributed by atoms with Crippen molar-refractivity contribution < 1.29 is 4.79 Å². The lowest BCUT2D eigenvalue weighted by atomic mass is 10.1. The topological polar surface area (TPSA) is 63.1 Å². The van der Waals surface area contributed by atoms with Gasteiger partial charge in [-0.15, -0.1) is 0 Å². The molecule has 0 saturated carbocycles. The summed E-state index contributed by atoms with van der Waals surface area (Å²) in [6, 6.07) is 3.78. The summed E-state index contributed by atoms with van der Waals surface area (Å²) < 4.78 is 2.03. The molecular weight excluding hydrogens is 278 g/mol. The first-order valence-corrected chi connectivity index (χ1v) is 7.57. The number of pyridine rings is 1. The molecule has 0 radical (unpaired) electrons. The van der Waals surface area contributed by atoms with Crippen molar-refractivity contribution in [2.45, 2.75) is 25.3 Å². The predicted molar refractivity (Wildman–Crippen MR) is 83.3 cm³/mol. The summed E-state index contributed by atoms with van der Waals surface area (Å²) in [5.41, 5.74) is 1.01. The van der Waals surface area contributed by atoms with Crippen molar-refractivity contribution in [3.63, 3.8) is 0 Å². The molecule has 6 nitrogen and oxygen atoms in total. The lowest BCUT2D eigenvalue weighted by Crippen LogP contribution is -2.39. The number of aryl methyl sites for hydroxylation is 1. The second kappa shape index (κ2) is 6.17. The number of imidazole rings is 1. The molecule has 0 aliphatic carbocycles. The molecule has 1 fully saturated rings. The zero-order valence-corrected chi connectivity index (χ0v) is 12.9. The van der Waals surface area contributed by atoms with Gasteiger partial charge >= 0.3 is 6.03 Å². The summed E-state index contributed by atoms with van der Waals surface area (Å²) in [6.45, 7) is 3.46. The molecule has 1 aliphatic rings. The summed E-state index contributed by atoms with van der Waals surface area (Å²) in [6.07, 6.45) is 8.23. The highest BCUT2D eigenvalue weighted by molar-refractivity contribution is 5.75. The second-order valence-corrected chi connectivity index (χ2v) is 5.79. The van der Waals surface area contributed by atoms with Crippen LogP contribution in [0.15, 0.2) is 36.9 Å². The molecule has 2 amide bonds. The van der Waals surface area contributed by atoms with Crippen LogP contribution in [0, 0.1) is 0 Å². The molecule has 1 unspecified atom stereocenters. The van der Waals surface area contributed by atoms with Crippen molar-refractivity contribution in [3.05, 3.63) is 48.3 Å². The summed E-state index contributed by atoms with van der Waals surface area (Å²) in [5.74, 6) is 1.37. The molecule has 116 valence electrons. The fraction of sp³-hybridized carbons (Fsp3) is 0.438. The van der Waals surface area contributed by atoms with Gasteiger partial charge in [0.05, 0.1) is 6.04 Å². The molecule has 1 aliphatic heterocycles. The van der Waals surface area contributed by atoms with Crippen LogP contribution in [0.25, 0.3) is 0 Å². The van der Waals surface area contributed by atoms with E-state index in [1.54, 1.807) is 12.4 Å². The Morgan fingerprint density at radius 1 is 1.45 bits per heavy atom. The third-order valence-corrected chi connectivity index (χ3v) is 4.22. The summed E-state index contributed by atoms with van der Waals surface area (Å²) in [7, 11) is 2.00. The van der Waals surface area contributed by atoms with Gasteiger partial charge < -0.3 is 14.8 Å². The summed E-state index contributed by atoms with van der Waals surface area (Å²) in [4.78, 5) is 22.8. The highest BCUT2D eigenvalue weighted by Crippen LogP contribution is 2.25. The largest absolute Gasteiger partial charge is 0.338 e. The molecule has 0 bridgehead atoms. The van der Waals surface area contributed by atoms with Crippen molar-refractivity contribution in [2.24, 2.45) is 7.05 Å².